The van der Waals surface area contributed by atoms with E-state index in [4.69, 9.17) is 0 Å². The van der Waals surface area contributed by atoms with Crippen LogP contribution in [-0.4, -0.2) is 43.9 Å². The van der Waals surface area contributed by atoms with Crippen molar-refractivity contribution < 1.29 is 0 Å². The molecular weight excluding hydrogens is 252 g/mol. The van der Waals surface area contributed by atoms with Gasteiger partial charge in [0.05, 0.1) is 25.0 Å². The van der Waals surface area contributed by atoms with Gasteiger partial charge < -0.3 is 14.8 Å². The van der Waals surface area contributed by atoms with Crippen molar-refractivity contribution in [3.05, 3.63) is 30.6 Å². The fourth-order valence-electron chi connectivity index (χ4n) is 2.11. The summed E-state index contributed by atoms with van der Waals surface area (Å²) in [6.45, 7) is 9.22. The monoisotopic (exact) mass is 276 g/mol. The zero-order valence-electron chi connectivity index (χ0n) is 12.6. The molecule has 20 heavy (non-hydrogen) atoms. The van der Waals surface area contributed by atoms with Gasteiger partial charge in [0.1, 0.15) is 5.82 Å². The van der Waals surface area contributed by atoms with Gasteiger partial charge in [0, 0.05) is 32.2 Å². The minimum Gasteiger partial charge on any atom is -0.375 e. The van der Waals surface area contributed by atoms with Crippen molar-refractivity contribution in [3.8, 4) is 0 Å². The Kier molecular flexibility index (Phi) is 5.17. The van der Waals surface area contributed by atoms with E-state index in [1.165, 1.54) is 0 Å². The summed E-state index contributed by atoms with van der Waals surface area (Å²) in [5.41, 5.74) is 1.03. The molecule has 0 amide bonds. The summed E-state index contributed by atoms with van der Waals surface area (Å²) >= 11 is 0. The average molecular weight is 276 g/mol. The Balaban J connectivity index is 1.81. The van der Waals surface area contributed by atoms with Gasteiger partial charge in [-0.2, -0.15) is 5.10 Å². The largest absolute Gasteiger partial charge is 0.375 e. The lowest BCUT2D eigenvalue weighted by atomic mass is 10.4. The molecule has 0 aliphatic heterocycles. The number of anilines is 1. The molecular formula is C14H24N6. The van der Waals surface area contributed by atoms with Crippen LogP contribution in [0.15, 0.2) is 24.8 Å². The van der Waals surface area contributed by atoms with Crippen molar-refractivity contribution in [1.82, 2.24) is 24.2 Å². The number of hydrogen-bond donors (Lipinski definition) is 1. The van der Waals surface area contributed by atoms with E-state index in [0.29, 0.717) is 6.54 Å². The number of aromatic nitrogens is 4. The first kappa shape index (κ1) is 14.6. The normalized spacial score (nSPS) is 11.2. The Morgan fingerprint density at radius 3 is 2.75 bits per heavy atom. The fourth-order valence-corrected chi connectivity index (χ4v) is 2.11. The molecule has 0 aliphatic carbocycles. The maximum absolute atomic E-state index is 4.38. The minimum absolute atomic E-state index is 0.714. The molecule has 2 aromatic rings. The predicted octanol–water partition coefficient (Wildman–Crippen LogP) is 1.57. The van der Waals surface area contributed by atoms with Crippen LogP contribution in [0.2, 0.25) is 0 Å². The van der Waals surface area contributed by atoms with E-state index in [2.05, 4.69) is 34.1 Å². The van der Waals surface area contributed by atoms with Crippen LogP contribution in [-0.2, 0) is 20.1 Å². The summed E-state index contributed by atoms with van der Waals surface area (Å²) in [7, 11) is 2.00. The lowest BCUT2D eigenvalue weighted by Gasteiger charge is -2.17. The summed E-state index contributed by atoms with van der Waals surface area (Å²) in [5.74, 6) is 1.01. The Hall–Kier alpha value is -1.82. The highest BCUT2D eigenvalue weighted by molar-refractivity contribution is 5.38. The van der Waals surface area contributed by atoms with Crippen LogP contribution in [0, 0.1) is 0 Å². The van der Waals surface area contributed by atoms with Crippen molar-refractivity contribution in [2.75, 3.05) is 25.0 Å². The second-order valence-corrected chi connectivity index (χ2v) is 4.83. The van der Waals surface area contributed by atoms with Crippen LogP contribution < -0.4 is 5.32 Å². The molecule has 1 N–H and O–H groups in total. The van der Waals surface area contributed by atoms with Crippen LogP contribution in [0.1, 0.15) is 19.7 Å². The molecule has 0 saturated carbocycles. The molecule has 0 saturated heterocycles. The van der Waals surface area contributed by atoms with Gasteiger partial charge in [0.2, 0.25) is 0 Å². The van der Waals surface area contributed by atoms with Crippen molar-refractivity contribution in [1.29, 1.82) is 0 Å². The average Bonchev–Trinajstić information content (AvgIpc) is 3.07. The number of imidazole rings is 1. The molecule has 2 heterocycles. The Bertz CT molecular complexity index is 511. The maximum atomic E-state index is 4.38. The third-order valence-corrected chi connectivity index (χ3v) is 3.54. The highest BCUT2D eigenvalue weighted by Gasteiger charge is 2.03. The van der Waals surface area contributed by atoms with Crippen LogP contribution in [0.5, 0.6) is 0 Å². The van der Waals surface area contributed by atoms with Gasteiger partial charge in [0.15, 0.2) is 0 Å². The molecule has 0 spiro atoms. The van der Waals surface area contributed by atoms with Gasteiger partial charge in [-0.1, -0.05) is 13.8 Å². The molecule has 0 unspecified atom stereocenters. The first-order chi connectivity index (χ1) is 9.72. The van der Waals surface area contributed by atoms with Crippen molar-refractivity contribution >= 4 is 5.69 Å². The number of hydrogen-bond acceptors (Lipinski definition) is 4. The molecule has 0 fully saturated rings. The summed E-state index contributed by atoms with van der Waals surface area (Å²) in [6, 6.07) is 0. The molecule has 2 rings (SSSR count). The first-order valence-corrected chi connectivity index (χ1v) is 7.17. The van der Waals surface area contributed by atoms with Gasteiger partial charge in [0.25, 0.3) is 0 Å². The van der Waals surface area contributed by atoms with E-state index in [-0.39, 0.29) is 0 Å². The molecule has 2 aromatic heterocycles. The number of aryl methyl sites for hydroxylation is 1. The minimum atomic E-state index is 0.714. The zero-order valence-corrected chi connectivity index (χ0v) is 12.6. The standard InChI is InChI=1S/C14H24N6/c1-4-19(5-2)8-9-20-12-13(10-17-20)16-11-14-15-6-7-18(14)3/h6-7,10,12,16H,4-5,8-9,11H2,1-3H3. The zero-order chi connectivity index (χ0) is 14.4. The molecule has 0 radical (unpaired) electrons. The fraction of sp³-hybridized carbons (Fsp3) is 0.571. The van der Waals surface area contributed by atoms with Crippen LogP contribution in [0.4, 0.5) is 5.69 Å². The van der Waals surface area contributed by atoms with Gasteiger partial charge in [-0.25, -0.2) is 4.98 Å². The molecule has 6 nitrogen and oxygen atoms in total. The molecule has 0 aliphatic rings. The third-order valence-electron chi connectivity index (χ3n) is 3.54. The highest BCUT2D eigenvalue weighted by Crippen LogP contribution is 2.07. The summed E-state index contributed by atoms with van der Waals surface area (Å²) < 4.78 is 4.00. The number of nitrogens with one attached hydrogen (secondary N) is 1. The lowest BCUT2D eigenvalue weighted by molar-refractivity contribution is 0.285. The van der Waals surface area contributed by atoms with Crippen LogP contribution in [0.3, 0.4) is 0 Å². The smallest absolute Gasteiger partial charge is 0.127 e. The van der Waals surface area contributed by atoms with E-state index in [0.717, 1.165) is 37.7 Å². The van der Waals surface area contributed by atoms with E-state index >= 15 is 0 Å². The molecule has 0 atom stereocenters. The predicted molar refractivity (Wildman–Crippen MR) is 80.5 cm³/mol. The van der Waals surface area contributed by atoms with Crippen molar-refractivity contribution in [2.24, 2.45) is 7.05 Å². The third kappa shape index (κ3) is 3.84. The van der Waals surface area contributed by atoms with Crippen LogP contribution >= 0.6 is 0 Å². The summed E-state index contributed by atoms with van der Waals surface area (Å²) in [4.78, 5) is 6.68. The molecule has 0 aromatic carbocycles. The second-order valence-electron chi connectivity index (χ2n) is 4.83. The van der Waals surface area contributed by atoms with Crippen molar-refractivity contribution in [2.45, 2.75) is 26.9 Å². The van der Waals surface area contributed by atoms with E-state index in [1.807, 2.05) is 41.1 Å². The van der Waals surface area contributed by atoms with Gasteiger partial charge in [-0.3, -0.25) is 4.68 Å². The summed E-state index contributed by atoms with van der Waals surface area (Å²) in [6.07, 6.45) is 7.67. The lowest BCUT2D eigenvalue weighted by Crippen LogP contribution is -2.27. The maximum Gasteiger partial charge on any atom is 0.127 e. The SMILES string of the molecule is CCN(CC)CCn1cc(NCc2nccn2C)cn1. The molecule has 6 heteroatoms. The number of rotatable bonds is 8. The number of likely N-dealkylation sites (N-methyl/N-ethyl adjacent to an activating group) is 1. The Labute approximate surface area is 120 Å². The first-order valence-electron chi connectivity index (χ1n) is 7.17. The Morgan fingerprint density at radius 1 is 1.30 bits per heavy atom. The van der Waals surface area contributed by atoms with E-state index in [9.17, 15) is 0 Å². The second kappa shape index (κ2) is 7.09. The molecule has 0 bridgehead atoms. The van der Waals surface area contributed by atoms with E-state index < -0.39 is 0 Å². The Morgan fingerprint density at radius 2 is 2.10 bits per heavy atom. The quantitative estimate of drug-likeness (QED) is 0.795. The van der Waals surface area contributed by atoms with E-state index in [1.54, 1.807) is 0 Å². The highest BCUT2D eigenvalue weighted by atomic mass is 15.3. The van der Waals surface area contributed by atoms with Gasteiger partial charge in [-0.05, 0) is 13.1 Å². The van der Waals surface area contributed by atoms with Crippen LogP contribution in [0.25, 0.3) is 0 Å². The summed E-state index contributed by atoms with van der Waals surface area (Å²) in [5, 5.41) is 7.72. The van der Waals surface area contributed by atoms with Crippen molar-refractivity contribution in [3.63, 3.8) is 0 Å². The molecule has 110 valence electrons. The topological polar surface area (TPSA) is 50.9 Å². The van der Waals surface area contributed by atoms with Gasteiger partial charge >= 0.3 is 0 Å². The van der Waals surface area contributed by atoms with Gasteiger partial charge in [-0.15, -0.1) is 0 Å². The number of nitrogens with zero attached hydrogens (tertiary/aromatic N) is 5.